The molecule has 1 fully saturated rings. The molecular weight excluding hydrogens is 324 g/mol. The van der Waals surface area contributed by atoms with E-state index in [2.05, 4.69) is 14.9 Å². The van der Waals surface area contributed by atoms with Gasteiger partial charge in [0.2, 0.25) is 5.82 Å². The molecular formula is C16H18F4N4. The van der Waals surface area contributed by atoms with E-state index in [1.807, 2.05) is 7.05 Å². The highest BCUT2D eigenvalue weighted by Gasteiger charge is 2.36. The number of halogens is 4. The Balaban J connectivity index is 2.08. The van der Waals surface area contributed by atoms with Crippen LogP contribution in [0.4, 0.5) is 23.4 Å². The SMILES string of the molecule is CN1CCC(N(C)c2nc(C(F)(F)F)nc3ccc(F)cc23)CC1. The van der Waals surface area contributed by atoms with Gasteiger partial charge in [-0.3, -0.25) is 0 Å². The first kappa shape index (κ1) is 16.9. The predicted octanol–water partition coefficient (Wildman–Crippen LogP) is 3.32. The molecule has 130 valence electrons. The molecule has 0 unspecified atom stereocenters. The Labute approximate surface area is 137 Å². The Kier molecular flexibility index (Phi) is 4.33. The summed E-state index contributed by atoms with van der Waals surface area (Å²) in [4.78, 5) is 11.2. The third-order valence-electron chi connectivity index (χ3n) is 4.46. The van der Waals surface area contributed by atoms with Crippen molar-refractivity contribution in [2.75, 3.05) is 32.1 Å². The standard InChI is InChI=1S/C16H18F4N4/c1-23-7-5-11(6-8-23)24(2)14-12-9-10(17)3-4-13(12)21-15(22-14)16(18,19)20/h3-4,9,11H,5-8H2,1-2H3. The van der Waals surface area contributed by atoms with Gasteiger partial charge in [-0.15, -0.1) is 0 Å². The summed E-state index contributed by atoms with van der Waals surface area (Å²) in [5.74, 6) is -1.60. The first-order valence-corrected chi connectivity index (χ1v) is 7.71. The number of rotatable bonds is 2. The fourth-order valence-corrected chi connectivity index (χ4v) is 3.04. The van der Waals surface area contributed by atoms with Crippen LogP contribution < -0.4 is 4.90 Å². The third kappa shape index (κ3) is 3.28. The van der Waals surface area contributed by atoms with Gasteiger partial charge in [-0.1, -0.05) is 0 Å². The van der Waals surface area contributed by atoms with Crippen LogP contribution in [0.25, 0.3) is 10.9 Å². The molecule has 2 aromatic rings. The molecule has 3 rings (SSSR count). The van der Waals surface area contributed by atoms with Gasteiger partial charge >= 0.3 is 6.18 Å². The minimum atomic E-state index is -4.65. The molecule has 1 aromatic heterocycles. The van der Waals surface area contributed by atoms with Gasteiger partial charge in [0.25, 0.3) is 0 Å². The van der Waals surface area contributed by atoms with Crippen LogP contribution >= 0.6 is 0 Å². The van der Waals surface area contributed by atoms with Gasteiger partial charge < -0.3 is 9.80 Å². The van der Waals surface area contributed by atoms with Crippen LogP contribution in [0, 0.1) is 5.82 Å². The molecule has 0 amide bonds. The average molecular weight is 342 g/mol. The molecule has 0 N–H and O–H groups in total. The van der Waals surface area contributed by atoms with E-state index < -0.39 is 17.8 Å². The first-order valence-electron chi connectivity index (χ1n) is 7.71. The largest absolute Gasteiger partial charge is 0.451 e. The van der Waals surface area contributed by atoms with E-state index in [0.717, 1.165) is 32.0 Å². The fraction of sp³-hybridized carbons (Fsp3) is 0.500. The second kappa shape index (κ2) is 6.16. The van der Waals surface area contributed by atoms with Crippen molar-refractivity contribution in [3.05, 3.63) is 29.8 Å². The fourth-order valence-electron chi connectivity index (χ4n) is 3.04. The molecule has 1 aliphatic rings. The zero-order valence-corrected chi connectivity index (χ0v) is 13.4. The summed E-state index contributed by atoms with van der Waals surface area (Å²) >= 11 is 0. The number of hydrogen-bond donors (Lipinski definition) is 0. The van der Waals surface area contributed by atoms with Crippen molar-refractivity contribution in [1.29, 1.82) is 0 Å². The summed E-state index contributed by atoms with van der Waals surface area (Å²) in [7, 11) is 3.72. The molecule has 0 radical (unpaired) electrons. The van der Waals surface area contributed by atoms with Crippen LogP contribution in [0.3, 0.4) is 0 Å². The molecule has 0 aliphatic carbocycles. The highest BCUT2D eigenvalue weighted by molar-refractivity contribution is 5.89. The maximum Gasteiger partial charge on any atom is 0.451 e. The lowest BCUT2D eigenvalue weighted by molar-refractivity contribution is -0.144. The molecule has 24 heavy (non-hydrogen) atoms. The zero-order chi connectivity index (χ0) is 17.5. The lowest BCUT2D eigenvalue weighted by atomic mass is 10.0. The van der Waals surface area contributed by atoms with Gasteiger partial charge in [-0.2, -0.15) is 13.2 Å². The predicted molar refractivity (Wildman–Crippen MR) is 83.4 cm³/mol. The van der Waals surface area contributed by atoms with Gasteiger partial charge in [-0.25, -0.2) is 14.4 Å². The minimum Gasteiger partial charge on any atom is -0.356 e. The van der Waals surface area contributed by atoms with E-state index in [-0.39, 0.29) is 17.4 Å². The number of anilines is 1. The van der Waals surface area contributed by atoms with Crippen molar-refractivity contribution >= 4 is 16.7 Å². The summed E-state index contributed by atoms with van der Waals surface area (Å²) in [5, 5.41) is 0.296. The van der Waals surface area contributed by atoms with Crippen molar-refractivity contribution < 1.29 is 17.6 Å². The molecule has 4 nitrogen and oxygen atoms in total. The Bertz CT molecular complexity index is 739. The van der Waals surface area contributed by atoms with Crippen LogP contribution in [0.5, 0.6) is 0 Å². The molecule has 8 heteroatoms. The molecule has 1 aromatic carbocycles. The number of alkyl halides is 3. The van der Waals surface area contributed by atoms with E-state index >= 15 is 0 Å². The third-order valence-corrected chi connectivity index (χ3v) is 4.46. The number of piperidine rings is 1. The molecule has 1 saturated heterocycles. The summed E-state index contributed by atoms with van der Waals surface area (Å²) in [5.41, 5.74) is 0.0912. The molecule has 0 saturated carbocycles. The second-order valence-electron chi connectivity index (χ2n) is 6.18. The van der Waals surface area contributed by atoms with Gasteiger partial charge in [0.1, 0.15) is 11.6 Å². The normalized spacial score (nSPS) is 17.4. The smallest absolute Gasteiger partial charge is 0.356 e. The van der Waals surface area contributed by atoms with E-state index in [9.17, 15) is 17.6 Å². The summed E-state index contributed by atoms with van der Waals surface area (Å²) in [6, 6.07) is 3.61. The summed E-state index contributed by atoms with van der Waals surface area (Å²) in [6.45, 7) is 1.72. The van der Waals surface area contributed by atoms with Crippen LogP contribution in [0.1, 0.15) is 18.7 Å². The number of likely N-dealkylation sites (tertiary alicyclic amines) is 1. The Morgan fingerprint density at radius 2 is 1.83 bits per heavy atom. The zero-order valence-electron chi connectivity index (χ0n) is 13.4. The van der Waals surface area contributed by atoms with Crippen LogP contribution in [0.15, 0.2) is 18.2 Å². The molecule has 1 aliphatic heterocycles. The maximum atomic E-state index is 13.6. The minimum absolute atomic E-state index is 0.0589. The highest BCUT2D eigenvalue weighted by Crippen LogP contribution is 2.33. The molecule has 0 bridgehead atoms. The maximum absolute atomic E-state index is 13.6. The van der Waals surface area contributed by atoms with Gasteiger partial charge in [0, 0.05) is 18.5 Å². The van der Waals surface area contributed by atoms with Crippen molar-refractivity contribution in [2.24, 2.45) is 0 Å². The number of nitrogens with zero attached hydrogens (tertiary/aromatic N) is 4. The number of benzene rings is 1. The molecule has 2 heterocycles. The van der Waals surface area contributed by atoms with Crippen LogP contribution in [-0.2, 0) is 6.18 Å². The van der Waals surface area contributed by atoms with E-state index in [4.69, 9.17) is 0 Å². The van der Waals surface area contributed by atoms with Crippen molar-refractivity contribution in [3.63, 3.8) is 0 Å². The topological polar surface area (TPSA) is 32.3 Å². The van der Waals surface area contributed by atoms with E-state index in [0.29, 0.717) is 5.39 Å². The molecule has 0 spiro atoms. The monoisotopic (exact) mass is 342 g/mol. The van der Waals surface area contributed by atoms with Crippen LogP contribution in [0.2, 0.25) is 0 Å². The number of hydrogen-bond acceptors (Lipinski definition) is 4. The average Bonchev–Trinajstić information content (AvgIpc) is 2.53. The second-order valence-corrected chi connectivity index (χ2v) is 6.18. The van der Waals surface area contributed by atoms with E-state index in [1.54, 1.807) is 11.9 Å². The Hall–Kier alpha value is -1.96. The number of aromatic nitrogens is 2. The van der Waals surface area contributed by atoms with Crippen LogP contribution in [-0.4, -0.2) is 48.1 Å². The summed E-state index contributed by atoms with van der Waals surface area (Å²) < 4.78 is 52.9. The van der Waals surface area contributed by atoms with Crippen molar-refractivity contribution in [3.8, 4) is 0 Å². The lowest BCUT2D eigenvalue weighted by Crippen LogP contribution is -2.42. The van der Waals surface area contributed by atoms with Gasteiger partial charge in [0.05, 0.1) is 5.52 Å². The summed E-state index contributed by atoms with van der Waals surface area (Å²) in [6.07, 6.45) is -3.02. The van der Waals surface area contributed by atoms with Gasteiger partial charge in [-0.05, 0) is 51.2 Å². The Morgan fingerprint density at radius 3 is 2.46 bits per heavy atom. The lowest BCUT2D eigenvalue weighted by Gasteiger charge is -2.36. The van der Waals surface area contributed by atoms with E-state index in [1.165, 1.54) is 12.1 Å². The Morgan fingerprint density at radius 1 is 1.17 bits per heavy atom. The molecule has 0 atom stereocenters. The number of fused-ring (bicyclic) bond motifs is 1. The van der Waals surface area contributed by atoms with Crippen molar-refractivity contribution in [1.82, 2.24) is 14.9 Å². The quantitative estimate of drug-likeness (QED) is 0.784. The van der Waals surface area contributed by atoms with Crippen molar-refractivity contribution in [2.45, 2.75) is 25.1 Å². The first-order chi connectivity index (χ1) is 11.3. The highest BCUT2D eigenvalue weighted by atomic mass is 19.4. The van der Waals surface area contributed by atoms with Gasteiger partial charge in [0.15, 0.2) is 0 Å².